The highest BCUT2D eigenvalue weighted by Gasteiger charge is 2.18. The van der Waals surface area contributed by atoms with Gasteiger partial charge in [-0.3, -0.25) is 0 Å². The molecule has 0 radical (unpaired) electrons. The van der Waals surface area contributed by atoms with E-state index in [1.165, 1.54) is 19.4 Å². The SMILES string of the molecule is COc1cnc(Nc2cc(N3CCNCC3)cc(N3CCOCC3)n2)cc1F. The molecule has 8 nitrogen and oxygen atoms in total. The first-order valence-electron chi connectivity index (χ1n) is 9.50. The van der Waals surface area contributed by atoms with Crippen LogP contribution in [0.3, 0.4) is 0 Å². The average Bonchev–Trinajstić information content (AvgIpc) is 2.75. The molecule has 0 saturated carbocycles. The van der Waals surface area contributed by atoms with Gasteiger partial charge in [0.2, 0.25) is 0 Å². The third-order valence-electron chi connectivity index (χ3n) is 4.91. The first kappa shape index (κ1) is 18.7. The molecule has 0 atom stereocenters. The summed E-state index contributed by atoms with van der Waals surface area (Å²) in [6.45, 7) is 6.73. The Hall–Kier alpha value is -2.65. The quantitative estimate of drug-likeness (QED) is 0.800. The van der Waals surface area contributed by atoms with Crippen LogP contribution in [-0.4, -0.2) is 69.6 Å². The maximum Gasteiger partial charge on any atom is 0.172 e. The summed E-state index contributed by atoms with van der Waals surface area (Å²) in [6, 6.07) is 5.41. The summed E-state index contributed by atoms with van der Waals surface area (Å²) in [7, 11) is 1.42. The number of nitrogens with one attached hydrogen (secondary N) is 2. The lowest BCUT2D eigenvalue weighted by molar-refractivity contribution is 0.122. The molecule has 0 aromatic carbocycles. The first-order valence-corrected chi connectivity index (χ1v) is 9.50. The van der Waals surface area contributed by atoms with Crippen molar-refractivity contribution >= 4 is 23.1 Å². The zero-order chi connectivity index (χ0) is 19.3. The van der Waals surface area contributed by atoms with Crippen molar-refractivity contribution in [3.05, 3.63) is 30.2 Å². The Kier molecular flexibility index (Phi) is 5.73. The van der Waals surface area contributed by atoms with E-state index < -0.39 is 5.82 Å². The van der Waals surface area contributed by atoms with Crippen molar-refractivity contribution < 1.29 is 13.9 Å². The van der Waals surface area contributed by atoms with E-state index in [-0.39, 0.29) is 5.75 Å². The van der Waals surface area contributed by atoms with E-state index >= 15 is 0 Å². The highest BCUT2D eigenvalue weighted by molar-refractivity contribution is 5.66. The number of nitrogens with zero attached hydrogens (tertiary/aromatic N) is 4. The van der Waals surface area contributed by atoms with Crippen LogP contribution in [0, 0.1) is 5.82 Å². The van der Waals surface area contributed by atoms with E-state index in [1.807, 2.05) is 6.07 Å². The van der Waals surface area contributed by atoms with Gasteiger partial charge in [-0.1, -0.05) is 0 Å². The fourth-order valence-corrected chi connectivity index (χ4v) is 3.39. The monoisotopic (exact) mass is 388 g/mol. The molecule has 2 N–H and O–H groups in total. The van der Waals surface area contributed by atoms with E-state index in [4.69, 9.17) is 14.5 Å². The van der Waals surface area contributed by atoms with Crippen LogP contribution >= 0.6 is 0 Å². The molecule has 0 spiro atoms. The number of methoxy groups -OCH3 is 1. The molecule has 0 bridgehead atoms. The van der Waals surface area contributed by atoms with E-state index in [0.29, 0.717) is 24.8 Å². The minimum atomic E-state index is -0.466. The normalized spacial score (nSPS) is 17.5. The third-order valence-corrected chi connectivity index (χ3v) is 4.91. The van der Waals surface area contributed by atoms with Crippen molar-refractivity contribution in [3.63, 3.8) is 0 Å². The number of anilines is 4. The van der Waals surface area contributed by atoms with Gasteiger partial charge < -0.3 is 29.9 Å². The van der Waals surface area contributed by atoms with Gasteiger partial charge in [-0.2, -0.15) is 0 Å². The molecule has 0 amide bonds. The minimum absolute atomic E-state index is 0.113. The molecule has 28 heavy (non-hydrogen) atoms. The second-order valence-corrected chi connectivity index (χ2v) is 6.73. The van der Waals surface area contributed by atoms with Gasteiger partial charge in [-0.25, -0.2) is 14.4 Å². The van der Waals surface area contributed by atoms with Crippen LogP contribution in [-0.2, 0) is 4.74 Å². The molecular formula is C19H25FN6O2. The van der Waals surface area contributed by atoms with Crippen LogP contribution in [0.25, 0.3) is 0 Å². The van der Waals surface area contributed by atoms with Gasteiger partial charge in [-0.05, 0) is 0 Å². The third kappa shape index (κ3) is 4.26. The van der Waals surface area contributed by atoms with Crippen LogP contribution in [0.5, 0.6) is 5.75 Å². The van der Waals surface area contributed by atoms with Gasteiger partial charge in [0, 0.05) is 63.2 Å². The van der Waals surface area contributed by atoms with E-state index in [2.05, 4.69) is 31.5 Å². The molecule has 9 heteroatoms. The molecular weight excluding hydrogens is 363 g/mol. The van der Waals surface area contributed by atoms with Crippen molar-refractivity contribution in [1.29, 1.82) is 0 Å². The summed E-state index contributed by atoms with van der Waals surface area (Å²) in [5.41, 5.74) is 1.09. The molecule has 2 aromatic rings. The lowest BCUT2D eigenvalue weighted by Crippen LogP contribution is -2.43. The average molecular weight is 388 g/mol. The molecule has 2 saturated heterocycles. The fourth-order valence-electron chi connectivity index (χ4n) is 3.39. The molecule has 0 unspecified atom stereocenters. The molecule has 4 rings (SSSR count). The molecule has 2 fully saturated rings. The van der Waals surface area contributed by atoms with Crippen LogP contribution in [0.15, 0.2) is 24.4 Å². The Morgan fingerprint density at radius 3 is 2.57 bits per heavy atom. The molecule has 2 aliphatic heterocycles. The number of pyridine rings is 2. The number of aromatic nitrogens is 2. The summed E-state index contributed by atoms with van der Waals surface area (Å²) in [5.74, 6) is 1.55. The summed E-state index contributed by atoms with van der Waals surface area (Å²) in [5, 5.41) is 6.51. The first-order chi connectivity index (χ1) is 13.7. The second kappa shape index (κ2) is 8.57. The van der Waals surface area contributed by atoms with Gasteiger partial charge in [0.15, 0.2) is 11.6 Å². The van der Waals surface area contributed by atoms with Crippen molar-refractivity contribution in [2.45, 2.75) is 0 Å². The highest BCUT2D eigenvalue weighted by Crippen LogP contribution is 2.28. The predicted octanol–water partition coefficient (Wildman–Crippen LogP) is 1.61. The summed E-state index contributed by atoms with van der Waals surface area (Å²) < 4.78 is 24.4. The minimum Gasteiger partial charge on any atom is -0.492 e. The maximum atomic E-state index is 14.0. The van der Waals surface area contributed by atoms with Crippen LogP contribution < -0.4 is 25.2 Å². The van der Waals surface area contributed by atoms with Crippen molar-refractivity contribution in [1.82, 2.24) is 15.3 Å². The summed E-state index contributed by atoms with van der Waals surface area (Å²) in [6.07, 6.45) is 1.36. The summed E-state index contributed by atoms with van der Waals surface area (Å²) >= 11 is 0. The molecule has 0 aliphatic carbocycles. The Morgan fingerprint density at radius 1 is 1.07 bits per heavy atom. The Morgan fingerprint density at radius 2 is 1.86 bits per heavy atom. The zero-order valence-corrected chi connectivity index (χ0v) is 15.9. The highest BCUT2D eigenvalue weighted by atomic mass is 19.1. The van der Waals surface area contributed by atoms with E-state index in [0.717, 1.165) is 50.8 Å². The van der Waals surface area contributed by atoms with Gasteiger partial charge in [0.1, 0.15) is 17.5 Å². The summed E-state index contributed by atoms with van der Waals surface area (Å²) in [4.78, 5) is 13.5. The van der Waals surface area contributed by atoms with Gasteiger partial charge in [0.05, 0.1) is 26.5 Å². The smallest absolute Gasteiger partial charge is 0.172 e. The number of piperazine rings is 1. The topological polar surface area (TPSA) is 74.8 Å². The van der Waals surface area contributed by atoms with Crippen molar-refractivity contribution in [2.24, 2.45) is 0 Å². The van der Waals surface area contributed by atoms with Crippen molar-refractivity contribution in [3.8, 4) is 5.75 Å². The lowest BCUT2D eigenvalue weighted by Gasteiger charge is -2.32. The van der Waals surface area contributed by atoms with E-state index in [9.17, 15) is 4.39 Å². The van der Waals surface area contributed by atoms with Gasteiger partial charge >= 0.3 is 0 Å². The standard InChI is InChI=1S/C19H25FN6O2/c1-27-16-13-22-17(12-15(16)20)23-18-10-14(25-4-2-21-3-5-25)11-19(24-18)26-6-8-28-9-7-26/h10-13,21H,2-9H2,1H3,(H,22,23,24). The number of morpholine rings is 1. The predicted molar refractivity (Wildman–Crippen MR) is 106 cm³/mol. The Balaban J connectivity index is 1.63. The second-order valence-electron chi connectivity index (χ2n) is 6.73. The number of ether oxygens (including phenoxy) is 2. The largest absolute Gasteiger partial charge is 0.492 e. The lowest BCUT2D eigenvalue weighted by atomic mass is 10.2. The fraction of sp³-hybridized carbons (Fsp3) is 0.474. The Labute approximate surface area is 163 Å². The van der Waals surface area contributed by atoms with Crippen LogP contribution in [0.2, 0.25) is 0 Å². The molecule has 4 heterocycles. The number of rotatable bonds is 5. The Bertz CT molecular complexity index is 773. The van der Waals surface area contributed by atoms with Crippen LogP contribution in [0.4, 0.5) is 27.5 Å². The zero-order valence-electron chi connectivity index (χ0n) is 15.9. The molecule has 2 aromatic heterocycles. The van der Waals surface area contributed by atoms with Gasteiger partial charge in [0.25, 0.3) is 0 Å². The van der Waals surface area contributed by atoms with E-state index in [1.54, 1.807) is 0 Å². The van der Waals surface area contributed by atoms with Crippen LogP contribution in [0.1, 0.15) is 0 Å². The molecule has 150 valence electrons. The number of hydrogen-bond acceptors (Lipinski definition) is 8. The molecule has 2 aliphatic rings. The van der Waals surface area contributed by atoms with Crippen molar-refractivity contribution in [2.75, 3.05) is 74.7 Å². The number of hydrogen-bond donors (Lipinski definition) is 2. The number of halogens is 1. The van der Waals surface area contributed by atoms with Gasteiger partial charge in [-0.15, -0.1) is 0 Å². The maximum absolute atomic E-state index is 14.0.